The van der Waals surface area contributed by atoms with Crippen LogP contribution in [-0.4, -0.2) is 6.61 Å². The fourth-order valence-corrected chi connectivity index (χ4v) is 1.69. The Balaban J connectivity index is 2.23. The lowest BCUT2D eigenvalue weighted by atomic mass is 10.2. The third kappa shape index (κ3) is 4.86. The minimum atomic E-state index is 0.552. The van der Waals surface area contributed by atoms with Crippen molar-refractivity contribution in [1.29, 1.82) is 0 Å². The van der Waals surface area contributed by atoms with Gasteiger partial charge in [-0.2, -0.15) is 0 Å². The molecule has 0 aliphatic heterocycles. The first-order valence-corrected chi connectivity index (χ1v) is 6.23. The fourth-order valence-electron chi connectivity index (χ4n) is 1.52. The van der Waals surface area contributed by atoms with Gasteiger partial charge >= 0.3 is 0 Å². The van der Waals surface area contributed by atoms with Crippen LogP contribution in [0.4, 0.5) is 5.69 Å². The van der Waals surface area contributed by atoms with Gasteiger partial charge in [0.05, 0.1) is 6.61 Å². The van der Waals surface area contributed by atoms with Crippen LogP contribution in [-0.2, 0) is 11.3 Å². The van der Waals surface area contributed by atoms with Crippen LogP contribution >= 0.6 is 11.6 Å². The third-order valence-electron chi connectivity index (χ3n) is 2.47. The Morgan fingerprint density at radius 3 is 2.81 bits per heavy atom. The number of unbranched alkanes of at least 4 members (excludes halogenated alkanes) is 3. The van der Waals surface area contributed by atoms with Crippen molar-refractivity contribution < 1.29 is 4.74 Å². The molecule has 3 heteroatoms. The van der Waals surface area contributed by atoms with Gasteiger partial charge in [-0.15, -0.1) is 0 Å². The number of ether oxygens (including phenoxy) is 1. The van der Waals surface area contributed by atoms with E-state index in [1.807, 2.05) is 12.1 Å². The van der Waals surface area contributed by atoms with Crippen LogP contribution in [0.15, 0.2) is 18.2 Å². The predicted molar refractivity (Wildman–Crippen MR) is 69.7 cm³/mol. The highest BCUT2D eigenvalue weighted by Gasteiger charge is 2.00. The molecule has 0 aliphatic carbocycles. The van der Waals surface area contributed by atoms with Crippen LogP contribution in [0, 0.1) is 0 Å². The molecule has 2 nitrogen and oxygen atoms in total. The lowest BCUT2D eigenvalue weighted by Gasteiger charge is -2.07. The largest absolute Gasteiger partial charge is 0.399 e. The summed E-state index contributed by atoms with van der Waals surface area (Å²) >= 11 is 6.02. The van der Waals surface area contributed by atoms with Gasteiger partial charge in [0.15, 0.2) is 0 Å². The summed E-state index contributed by atoms with van der Waals surface area (Å²) in [5.41, 5.74) is 7.38. The number of hydrogen-bond donors (Lipinski definition) is 1. The van der Waals surface area contributed by atoms with Crippen LogP contribution in [0.3, 0.4) is 0 Å². The molecular formula is C13H20ClNO. The van der Waals surface area contributed by atoms with Gasteiger partial charge in [-0.05, 0) is 30.2 Å². The maximum atomic E-state index is 6.02. The minimum Gasteiger partial charge on any atom is -0.399 e. The van der Waals surface area contributed by atoms with E-state index in [2.05, 4.69) is 6.92 Å². The predicted octanol–water partition coefficient (Wildman–Crippen LogP) is 4.02. The van der Waals surface area contributed by atoms with Gasteiger partial charge < -0.3 is 10.5 Å². The second kappa shape index (κ2) is 7.53. The average Bonchev–Trinajstić information content (AvgIpc) is 2.28. The van der Waals surface area contributed by atoms with Crippen molar-refractivity contribution in [3.63, 3.8) is 0 Å². The smallest absolute Gasteiger partial charge is 0.0732 e. The van der Waals surface area contributed by atoms with Crippen LogP contribution in [0.5, 0.6) is 0 Å². The number of nitrogen functional groups attached to an aromatic ring is 1. The van der Waals surface area contributed by atoms with Crippen molar-refractivity contribution >= 4 is 17.3 Å². The Labute approximate surface area is 103 Å². The molecule has 0 spiro atoms. The molecule has 1 aromatic carbocycles. The zero-order chi connectivity index (χ0) is 11.8. The normalized spacial score (nSPS) is 10.6. The molecule has 0 aromatic heterocycles. The Hall–Kier alpha value is -0.730. The number of benzene rings is 1. The highest BCUT2D eigenvalue weighted by atomic mass is 35.5. The van der Waals surface area contributed by atoms with Crippen molar-refractivity contribution in [3.8, 4) is 0 Å². The molecule has 1 rings (SSSR count). The summed E-state index contributed by atoms with van der Waals surface area (Å²) in [5, 5.41) is 0.725. The van der Waals surface area contributed by atoms with Crippen molar-refractivity contribution in [2.75, 3.05) is 12.3 Å². The zero-order valence-corrected chi connectivity index (χ0v) is 10.6. The molecule has 1 aromatic rings. The first-order chi connectivity index (χ1) is 7.74. The summed E-state index contributed by atoms with van der Waals surface area (Å²) in [6.07, 6.45) is 4.89. The van der Waals surface area contributed by atoms with E-state index in [9.17, 15) is 0 Å². The summed E-state index contributed by atoms with van der Waals surface area (Å²) in [6, 6.07) is 5.48. The highest BCUT2D eigenvalue weighted by Crippen LogP contribution is 2.19. The first-order valence-electron chi connectivity index (χ1n) is 5.85. The number of rotatable bonds is 7. The Kier molecular flexibility index (Phi) is 6.27. The minimum absolute atomic E-state index is 0.552. The van der Waals surface area contributed by atoms with Gasteiger partial charge in [0.25, 0.3) is 0 Å². The summed E-state index contributed by atoms with van der Waals surface area (Å²) < 4.78 is 5.56. The standard InChI is InChI=1S/C13H20ClNO/c1-2-3-4-5-8-16-10-11-9-12(15)6-7-13(11)14/h6-7,9H,2-5,8,10,15H2,1H3. The van der Waals surface area contributed by atoms with Gasteiger partial charge in [0.2, 0.25) is 0 Å². The van der Waals surface area contributed by atoms with Gasteiger partial charge in [0, 0.05) is 17.3 Å². The first kappa shape index (κ1) is 13.3. The molecule has 0 unspecified atom stereocenters. The molecule has 0 heterocycles. The van der Waals surface area contributed by atoms with E-state index in [-0.39, 0.29) is 0 Å². The molecule has 0 aliphatic rings. The quantitative estimate of drug-likeness (QED) is 0.578. The van der Waals surface area contributed by atoms with E-state index in [1.54, 1.807) is 6.07 Å². The molecule has 0 radical (unpaired) electrons. The van der Waals surface area contributed by atoms with Crippen molar-refractivity contribution in [2.45, 2.75) is 39.2 Å². The van der Waals surface area contributed by atoms with Gasteiger partial charge in [-0.3, -0.25) is 0 Å². The van der Waals surface area contributed by atoms with Gasteiger partial charge in [-0.1, -0.05) is 37.8 Å². The molecule has 2 N–H and O–H groups in total. The number of hydrogen-bond acceptors (Lipinski definition) is 2. The van der Waals surface area contributed by atoms with E-state index in [0.29, 0.717) is 6.61 Å². The molecule has 0 bridgehead atoms. The van der Waals surface area contributed by atoms with Crippen LogP contribution in [0.2, 0.25) is 5.02 Å². The molecule has 0 fully saturated rings. The third-order valence-corrected chi connectivity index (χ3v) is 2.84. The molecule has 90 valence electrons. The monoisotopic (exact) mass is 241 g/mol. The molecule has 0 atom stereocenters. The lowest BCUT2D eigenvalue weighted by Crippen LogP contribution is -1.97. The molecule has 0 saturated heterocycles. The maximum absolute atomic E-state index is 6.02. The molecule has 16 heavy (non-hydrogen) atoms. The Morgan fingerprint density at radius 2 is 2.06 bits per heavy atom. The summed E-state index contributed by atoms with van der Waals surface area (Å²) in [5.74, 6) is 0. The molecule has 0 saturated carbocycles. The lowest BCUT2D eigenvalue weighted by molar-refractivity contribution is 0.117. The number of nitrogens with two attached hydrogens (primary N) is 1. The summed E-state index contributed by atoms with van der Waals surface area (Å²) in [6.45, 7) is 3.55. The number of halogens is 1. The van der Waals surface area contributed by atoms with Crippen molar-refractivity contribution in [1.82, 2.24) is 0 Å². The highest BCUT2D eigenvalue weighted by molar-refractivity contribution is 6.31. The fraction of sp³-hybridized carbons (Fsp3) is 0.538. The molecule has 0 amide bonds. The van der Waals surface area contributed by atoms with Crippen LogP contribution in [0.25, 0.3) is 0 Å². The second-order valence-electron chi connectivity index (χ2n) is 3.96. The Bertz CT molecular complexity index is 315. The van der Waals surface area contributed by atoms with Crippen molar-refractivity contribution in [3.05, 3.63) is 28.8 Å². The average molecular weight is 242 g/mol. The maximum Gasteiger partial charge on any atom is 0.0732 e. The van der Waals surface area contributed by atoms with E-state index >= 15 is 0 Å². The van der Waals surface area contributed by atoms with E-state index < -0.39 is 0 Å². The SMILES string of the molecule is CCCCCCOCc1cc(N)ccc1Cl. The van der Waals surface area contributed by atoms with Crippen LogP contribution < -0.4 is 5.73 Å². The number of anilines is 1. The van der Waals surface area contributed by atoms with E-state index in [0.717, 1.165) is 29.3 Å². The topological polar surface area (TPSA) is 35.2 Å². The zero-order valence-electron chi connectivity index (χ0n) is 9.84. The van der Waals surface area contributed by atoms with Gasteiger partial charge in [-0.25, -0.2) is 0 Å². The van der Waals surface area contributed by atoms with E-state index in [4.69, 9.17) is 22.1 Å². The molecular weight excluding hydrogens is 222 g/mol. The summed E-state index contributed by atoms with van der Waals surface area (Å²) in [7, 11) is 0. The summed E-state index contributed by atoms with van der Waals surface area (Å²) in [4.78, 5) is 0. The van der Waals surface area contributed by atoms with Gasteiger partial charge in [0.1, 0.15) is 0 Å². The van der Waals surface area contributed by atoms with Crippen molar-refractivity contribution in [2.24, 2.45) is 0 Å². The van der Waals surface area contributed by atoms with E-state index in [1.165, 1.54) is 19.3 Å². The van der Waals surface area contributed by atoms with Crippen LogP contribution in [0.1, 0.15) is 38.2 Å². The second-order valence-corrected chi connectivity index (χ2v) is 4.37. The Morgan fingerprint density at radius 1 is 1.25 bits per heavy atom.